The van der Waals surface area contributed by atoms with Gasteiger partial charge in [0, 0.05) is 39.8 Å². The first-order chi connectivity index (χ1) is 9.95. The number of hydrogen-bond acceptors (Lipinski definition) is 3. The third-order valence-corrected chi connectivity index (χ3v) is 4.31. The van der Waals surface area contributed by atoms with E-state index < -0.39 is 11.6 Å². The van der Waals surface area contributed by atoms with Gasteiger partial charge < -0.3 is 9.64 Å². The average molecular weight is 513 g/mol. The van der Waals surface area contributed by atoms with Crippen LogP contribution in [0.5, 0.6) is 5.75 Å². The number of halogens is 3. The van der Waals surface area contributed by atoms with E-state index in [1.807, 2.05) is 28.8 Å². The molecule has 1 aliphatic rings. The van der Waals surface area contributed by atoms with Crippen molar-refractivity contribution in [3.05, 3.63) is 35.4 Å². The molecule has 1 amide bonds. The molecule has 0 bridgehead atoms. The standard InChI is InChI=1S/C14H13F2INO2S.Y/c1-18-12(4-3-11(17)14(18)19)13-9(15)5-8(6-10(13)16)20-7-21-2;/h5-6,11H,3,7H2,1-2H3;/q-1;. The van der Waals surface area contributed by atoms with Gasteiger partial charge in [0.05, 0.1) is 15.6 Å². The van der Waals surface area contributed by atoms with E-state index in [4.69, 9.17) is 4.74 Å². The number of amides is 1. The van der Waals surface area contributed by atoms with E-state index >= 15 is 0 Å². The Morgan fingerprint density at radius 3 is 2.59 bits per heavy atom. The Morgan fingerprint density at radius 1 is 1.45 bits per heavy atom. The summed E-state index contributed by atoms with van der Waals surface area (Å²) < 4.78 is 33.3. The molecule has 0 saturated heterocycles. The summed E-state index contributed by atoms with van der Waals surface area (Å²) in [6, 6.07) is 2.25. The van der Waals surface area contributed by atoms with Crippen LogP contribution in [-0.4, -0.2) is 34.0 Å². The molecule has 3 nitrogen and oxygen atoms in total. The maximum atomic E-state index is 14.2. The van der Waals surface area contributed by atoms with E-state index in [1.165, 1.54) is 23.7 Å². The predicted octanol–water partition coefficient (Wildman–Crippen LogP) is 3.47. The Bertz CT molecular complexity index is 577. The smallest absolute Gasteiger partial charge is 0.235 e. The van der Waals surface area contributed by atoms with E-state index in [2.05, 4.69) is 6.08 Å². The maximum Gasteiger partial charge on any atom is 0.235 e. The van der Waals surface area contributed by atoms with Gasteiger partial charge in [-0.25, -0.2) is 14.9 Å². The number of rotatable bonds is 4. The summed E-state index contributed by atoms with van der Waals surface area (Å²) in [7, 11) is 1.49. The van der Waals surface area contributed by atoms with Gasteiger partial charge in [-0.2, -0.15) is 0 Å². The Kier molecular flexibility index (Phi) is 8.26. The summed E-state index contributed by atoms with van der Waals surface area (Å²) in [4.78, 5) is 13.2. The maximum absolute atomic E-state index is 14.2. The summed E-state index contributed by atoms with van der Waals surface area (Å²) in [6.07, 6.45) is 5.06. The van der Waals surface area contributed by atoms with E-state index in [0.717, 1.165) is 12.1 Å². The second kappa shape index (κ2) is 8.94. The molecule has 0 spiro atoms. The molecular formula is C14H13F2INO2SY-. The van der Waals surface area contributed by atoms with Gasteiger partial charge >= 0.3 is 0 Å². The number of hydrogen-bond donors (Lipinski definition) is 0. The van der Waals surface area contributed by atoms with E-state index in [-0.39, 0.29) is 59.6 Å². The number of carbonyl (C=O) groups excluding carboxylic acids is 1. The Morgan fingerprint density at radius 2 is 2.05 bits per heavy atom. The molecule has 2 rings (SSSR count). The van der Waals surface area contributed by atoms with Crippen LogP contribution in [-0.2, 0) is 37.5 Å². The predicted molar refractivity (Wildman–Crippen MR) is 87.2 cm³/mol. The van der Waals surface area contributed by atoms with Crippen LogP contribution in [0, 0.1) is 17.7 Å². The van der Waals surface area contributed by atoms with Crippen molar-refractivity contribution in [2.45, 2.75) is 10.3 Å². The number of benzene rings is 1. The molecule has 1 atom stereocenters. The number of carbonyl (C=O) groups is 1. The van der Waals surface area contributed by atoms with Crippen LogP contribution in [0.2, 0.25) is 0 Å². The topological polar surface area (TPSA) is 29.5 Å². The second-order valence-electron chi connectivity index (χ2n) is 4.41. The second-order valence-corrected chi connectivity index (χ2v) is 6.72. The molecule has 22 heavy (non-hydrogen) atoms. The molecule has 8 heteroatoms. The molecule has 1 aromatic carbocycles. The molecule has 1 radical (unpaired) electrons. The molecule has 1 aliphatic heterocycles. The normalized spacial score (nSPS) is 17.9. The molecule has 117 valence electrons. The van der Waals surface area contributed by atoms with Crippen molar-refractivity contribution in [1.82, 2.24) is 4.90 Å². The molecule has 0 aromatic heterocycles. The minimum absolute atomic E-state index is 0. The SMILES string of the molecule is CSCOc1cc(F)c(C2=[C-]CC(I)C(=O)N2C)c(F)c1.[Y]. The first kappa shape index (κ1) is 20.3. The van der Waals surface area contributed by atoms with Crippen LogP contribution >= 0.6 is 34.4 Å². The molecule has 1 aromatic rings. The molecule has 0 saturated carbocycles. The van der Waals surface area contributed by atoms with E-state index in [1.54, 1.807) is 0 Å². The van der Waals surface area contributed by atoms with Gasteiger partial charge in [-0.3, -0.25) is 4.79 Å². The molecule has 0 N–H and O–H groups in total. The molecule has 1 heterocycles. The van der Waals surface area contributed by atoms with Gasteiger partial charge in [0.1, 0.15) is 11.7 Å². The zero-order valence-corrected chi connectivity index (χ0v) is 17.8. The number of nitrogens with zero attached hydrogens (tertiary/aromatic N) is 1. The fraction of sp³-hybridized carbons (Fsp3) is 0.357. The van der Waals surface area contributed by atoms with Gasteiger partial charge in [-0.05, 0) is 18.4 Å². The third-order valence-electron chi connectivity index (χ3n) is 2.98. The van der Waals surface area contributed by atoms with Gasteiger partial charge in [-0.1, -0.05) is 34.6 Å². The Labute approximate surface area is 171 Å². The van der Waals surface area contributed by atoms with Crippen LogP contribution in [0.15, 0.2) is 12.1 Å². The van der Waals surface area contributed by atoms with Crippen molar-refractivity contribution in [3.8, 4) is 5.75 Å². The largest absolute Gasteiger partial charge is 0.483 e. The molecule has 1 unspecified atom stereocenters. The Balaban J connectivity index is 0.00000242. The van der Waals surface area contributed by atoms with E-state index in [9.17, 15) is 13.6 Å². The van der Waals surface area contributed by atoms with Gasteiger partial charge in [0.2, 0.25) is 5.91 Å². The van der Waals surface area contributed by atoms with Gasteiger partial charge in [0.15, 0.2) is 0 Å². The quantitative estimate of drug-likeness (QED) is 0.268. The fourth-order valence-corrected chi connectivity index (χ4v) is 2.85. The van der Waals surface area contributed by atoms with Crippen LogP contribution in [0.25, 0.3) is 5.70 Å². The summed E-state index contributed by atoms with van der Waals surface area (Å²) in [5, 5.41) is 0. The molecular weight excluding hydrogens is 500 g/mol. The van der Waals surface area contributed by atoms with Crippen LogP contribution < -0.4 is 4.74 Å². The number of alkyl halides is 1. The van der Waals surface area contributed by atoms with Crippen LogP contribution in [0.3, 0.4) is 0 Å². The van der Waals surface area contributed by atoms with Crippen LogP contribution in [0.4, 0.5) is 8.78 Å². The fourth-order valence-electron chi connectivity index (χ4n) is 1.95. The zero-order valence-electron chi connectivity index (χ0n) is 12.0. The summed E-state index contributed by atoms with van der Waals surface area (Å²) in [5.41, 5.74) is -0.106. The van der Waals surface area contributed by atoms with Crippen molar-refractivity contribution < 1.29 is 51.0 Å². The van der Waals surface area contributed by atoms with E-state index in [0.29, 0.717) is 12.4 Å². The third kappa shape index (κ3) is 4.42. The minimum atomic E-state index is -0.764. The average Bonchev–Trinajstić information content (AvgIpc) is 2.44. The van der Waals surface area contributed by atoms with Crippen molar-refractivity contribution >= 4 is 46.0 Å². The van der Waals surface area contributed by atoms with Crippen LogP contribution in [0.1, 0.15) is 12.0 Å². The number of allylic oxidation sites excluding steroid dienone is 1. The van der Waals surface area contributed by atoms with Gasteiger partial charge in [-0.15, -0.1) is 17.5 Å². The first-order valence-electron chi connectivity index (χ1n) is 6.09. The minimum Gasteiger partial charge on any atom is -0.483 e. The first-order valence-corrected chi connectivity index (χ1v) is 8.73. The summed E-state index contributed by atoms with van der Waals surface area (Å²) in [6.45, 7) is 0. The van der Waals surface area contributed by atoms with Gasteiger partial charge in [0.25, 0.3) is 0 Å². The van der Waals surface area contributed by atoms with Crippen molar-refractivity contribution in [3.63, 3.8) is 0 Å². The van der Waals surface area contributed by atoms with Crippen molar-refractivity contribution in [1.29, 1.82) is 0 Å². The monoisotopic (exact) mass is 513 g/mol. The number of ether oxygens (including phenoxy) is 1. The van der Waals surface area contributed by atoms with Crippen molar-refractivity contribution in [2.75, 3.05) is 19.2 Å². The summed E-state index contributed by atoms with van der Waals surface area (Å²) in [5.74, 6) is -1.28. The number of thioether (sulfide) groups is 1. The zero-order chi connectivity index (χ0) is 15.6. The Hall–Kier alpha value is 0.274. The molecule has 0 aliphatic carbocycles. The van der Waals surface area contributed by atoms with Crippen molar-refractivity contribution in [2.24, 2.45) is 0 Å². The summed E-state index contributed by atoms with van der Waals surface area (Å²) >= 11 is 3.39. The molecule has 0 fully saturated rings.